The molecule has 2 N–H and O–H groups in total. The van der Waals surface area contributed by atoms with Crippen LogP contribution in [-0.2, 0) is 0 Å². The zero-order valence-electron chi connectivity index (χ0n) is 5.27. The van der Waals surface area contributed by atoms with Gasteiger partial charge in [0, 0.05) is 6.20 Å². The van der Waals surface area contributed by atoms with E-state index in [0.29, 0.717) is 0 Å². The summed E-state index contributed by atoms with van der Waals surface area (Å²) in [7, 11) is 0. The van der Waals surface area contributed by atoms with Gasteiger partial charge in [-0.1, -0.05) is 0 Å². The molecule has 1 unspecified atom stereocenters. The molecule has 0 aliphatic carbocycles. The molecule has 0 amide bonds. The van der Waals surface area contributed by atoms with Gasteiger partial charge in [-0.3, -0.25) is 0 Å². The van der Waals surface area contributed by atoms with Gasteiger partial charge in [-0.15, -0.1) is 0 Å². The van der Waals surface area contributed by atoms with E-state index >= 15 is 0 Å². The van der Waals surface area contributed by atoms with E-state index in [1.165, 1.54) is 6.20 Å². The van der Waals surface area contributed by atoms with Crippen LogP contribution < -0.4 is 10.6 Å². The molecular formula is C5H5F3N2S. The minimum Gasteiger partial charge on any atom is -0.348 e. The van der Waals surface area contributed by atoms with Crippen molar-refractivity contribution < 1.29 is 13.2 Å². The first-order valence-corrected chi connectivity index (χ1v) is 3.21. The van der Waals surface area contributed by atoms with Crippen molar-refractivity contribution in [3.05, 3.63) is 12.3 Å². The molecule has 0 aromatic rings. The van der Waals surface area contributed by atoms with E-state index in [0.717, 1.165) is 6.08 Å². The van der Waals surface area contributed by atoms with E-state index in [9.17, 15) is 13.2 Å². The number of thiocarbonyl (C=S) groups is 1. The van der Waals surface area contributed by atoms with Crippen LogP contribution in [0.5, 0.6) is 0 Å². The van der Waals surface area contributed by atoms with Crippen molar-refractivity contribution in [2.75, 3.05) is 0 Å². The second kappa shape index (κ2) is 2.69. The van der Waals surface area contributed by atoms with E-state index in [-0.39, 0.29) is 5.11 Å². The summed E-state index contributed by atoms with van der Waals surface area (Å²) in [5.74, 6) is 0. The molecule has 0 spiro atoms. The summed E-state index contributed by atoms with van der Waals surface area (Å²) in [5, 5.41) is 4.48. The Morgan fingerprint density at radius 2 is 2.09 bits per heavy atom. The third-order valence-corrected chi connectivity index (χ3v) is 1.38. The lowest BCUT2D eigenvalue weighted by molar-refractivity contribution is -0.141. The quantitative estimate of drug-likeness (QED) is 0.544. The van der Waals surface area contributed by atoms with Gasteiger partial charge in [0.05, 0.1) is 0 Å². The van der Waals surface area contributed by atoms with Gasteiger partial charge in [-0.05, 0) is 18.3 Å². The highest BCUT2D eigenvalue weighted by Crippen LogP contribution is 2.21. The Hall–Kier alpha value is -0.780. The lowest BCUT2D eigenvalue weighted by atomic mass is 10.2. The Kier molecular flexibility index (Phi) is 2.03. The van der Waals surface area contributed by atoms with Crippen LogP contribution in [-0.4, -0.2) is 17.3 Å². The SMILES string of the molecule is FC(F)(F)C1C=CNC(=S)N1. The lowest BCUT2D eigenvalue weighted by Gasteiger charge is -2.22. The molecule has 62 valence electrons. The molecule has 11 heavy (non-hydrogen) atoms. The second-order valence-electron chi connectivity index (χ2n) is 2.00. The van der Waals surface area contributed by atoms with Gasteiger partial charge >= 0.3 is 6.18 Å². The molecular weight excluding hydrogens is 177 g/mol. The van der Waals surface area contributed by atoms with E-state index in [2.05, 4.69) is 22.9 Å². The maximum atomic E-state index is 11.9. The lowest BCUT2D eigenvalue weighted by Crippen LogP contribution is -2.50. The molecule has 0 aromatic carbocycles. The average molecular weight is 182 g/mol. The molecule has 0 bridgehead atoms. The van der Waals surface area contributed by atoms with Gasteiger partial charge in [-0.2, -0.15) is 13.2 Å². The molecule has 1 atom stereocenters. The second-order valence-corrected chi connectivity index (χ2v) is 2.40. The fraction of sp³-hybridized carbons (Fsp3) is 0.400. The molecule has 1 rings (SSSR count). The highest BCUT2D eigenvalue weighted by molar-refractivity contribution is 7.80. The Bertz CT molecular complexity index is 198. The number of nitrogens with one attached hydrogen (secondary N) is 2. The highest BCUT2D eigenvalue weighted by atomic mass is 32.1. The molecule has 2 nitrogen and oxygen atoms in total. The number of hydrogen-bond donors (Lipinski definition) is 2. The van der Waals surface area contributed by atoms with Crippen LogP contribution in [0.1, 0.15) is 0 Å². The van der Waals surface area contributed by atoms with Gasteiger partial charge < -0.3 is 10.6 Å². The summed E-state index contributed by atoms with van der Waals surface area (Å²) in [5.41, 5.74) is 0. The first-order valence-electron chi connectivity index (χ1n) is 2.80. The van der Waals surface area contributed by atoms with Gasteiger partial charge in [0.2, 0.25) is 0 Å². The summed E-state index contributed by atoms with van der Waals surface area (Å²) in [6.07, 6.45) is -2.13. The maximum absolute atomic E-state index is 11.9. The molecule has 0 saturated carbocycles. The molecule has 1 aliphatic heterocycles. The van der Waals surface area contributed by atoms with Crippen LogP contribution in [0.25, 0.3) is 0 Å². The van der Waals surface area contributed by atoms with Crippen molar-refractivity contribution in [2.45, 2.75) is 12.2 Å². The van der Waals surface area contributed by atoms with E-state index in [1.54, 1.807) is 0 Å². The van der Waals surface area contributed by atoms with Gasteiger partial charge in [0.25, 0.3) is 0 Å². The standard InChI is InChI=1S/C5H5F3N2S/c6-5(7,8)3-1-2-9-4(11)10-3/h1-3H,(H2,9,10,11). The summed E-state index contributed by atoms with van der Waals surface area (Å²) in [4.78, 5) is 0. The van der Waals surface area contributed by atoms with Crippen molar-refractivity contribution in [1.29, 1.82) is 0 Å². The molecule has 1 aliphatic rings. The third kappa shape index (κ3) is 2.07. The van der Waals surface area contributed by atoms with Crippen molar-refractivity contribution in [3.8, 4) is 0 Å². The highest BCUT2D eigenvalue weighted by Gasteiger charge is 2.39. The van der Waals surface area contributed by atoms with Crippen molar-refractivity contribution in [2.24, 2.45) is 0 Å². The van der Waals surface area contributed by atoms with Gasteiger partial charge in [0.15, 0.2) is 5.11 Å². The van der Waals surface area contributed by atoms with Crippen LogP contribution >= 0.6 is 12.2 Å². The molecule has 6 heteroatoms. The number of hydrogen-bond acceptors (Lipinski definition) is 1. The Balaban J connectivity index is 2.68. The average Bonchev–Trinajstić information content (AvgIpc) is 1.86. The first-order chi connectivity index (χ1) is 5.00. The predicted octanol–water partition coefficient (Wildman–Crippen LogP) is 0.909. The summed E-state index contributed by atoms with van der Waals surface area (Å²) in [6.45, 7) is 0. The zero-order chi connectivity index (χ0) is 8.48. The minimum atomic E-state index is -4.28. The first kappa shape index (κ1) is 8.32. The molecule has 1 heterocycles. The smallest absolute Gasteiger partial charge is 0.348 e. The summed E-state index contributed by atoms with van der Waals surface area (Å²) in [6, 6.07) is -1.66. The summed E-state index contributed by atoms with van der Waals surface area (Å²) >= 11 is 4.48. The van der Waals surface area contributed by atoms with Crippen LogP contribution in [0.15, 0.2) is 12.3 Å². The number of halogens is 3. The topological polar surface area (TPSA) is 24.1 Å². The van der Waals surface area contributed by atoms with Crippen molar-refractivity contribution in [1.82, 2.24) is 10.6 Å². The molecule has 0 saturated heterocycles. The van der Waals surface area contributed by atoms with Crippen LogP contribution in [0.4, 0.5) is 13.2 Å². The minimum absolute atomic E-state index is 0.00479. The normalized spacial score (nSPS) is 24.3. The van der Waals surface area contributed by atoms with Gasteiger partial charge in [0.1, 0.15) is 6.04 Å². The van der Waals surface area contributed by atoms with Crippen LogP contribution in [0.2, 0.25) is 0 Å². The Morgan fingerprint density at radius 3 is 2.45 bits per heavy atom. The number of rotatable bonds is 0. The largest absolute Gasteiger partial charge is 0.412 e. The maximum Gasteiger partial charge on any atom is 0.412 e. The summed E-state index contributed by atoms with van der Waals surface area (Å²) < 4.78 is 35.7. The monoisotopic (exact) mass is 182 g/mol. The van der Waals surface area contributed by atoms with Crippen molar-refractivity contribution in [3.63, 3.8) is 0 Å². The van der Waals surface area contributed by atoms with Gasteiger partial charge in [-0.25, -0.2) is 0 Å². The Labute approximate surface area is 66.5 Å². The van der Waals surface area contributed by atoms with E-state index < -0.39 is 12.2 Å². The molecule has 0 fully saturated rings. The van der Waals surface area contributed by atoms with Crippen LogP contribution in [0.3, 0.4) is 0 Å². The molecule has 0 radical (unpaired) electrons. The van der Waals surface area contributed by atoms with E-state index in [1.807, 2.05) is 0 Å². The zero-order valence-corrected chi connectivity index (χ0v) is 6.09. The number of alkyl halides is 3. The fourth-order valence-electron chi connectivity index (χ4n) is 0.642. The van der Waals surface area contributed by atoms with E-state index in [4.69, 9.17) is 0 Å². The third-order valence-electron chi connectivity index (χ3n) is 1.14. The molecule has 0 aromatic heterocycles. The predicted molar refractivity (Wildman–Crippen MR) is 37.9 cm³/mol. The van der Waals surface area contributed by atoms with Crippen molar-refractivity contribution >= 4 is 17.3 Å². The van der Waals surface area contributed by atoms with Crippen LogP contribution in [0, 0.1) is 0 Å². The Morgan fingerprint density at radius 1 is 1.45 bits per heavy atom. The fourth-order valence-corrected chi connectivity index (χ4v) is 0.837.